The minimum atomic E-state index is 0.682. The number of imidazole rings is 1. The summed E-state index contributed by atoms with van der Waals surface area (Å²) in [7, 11) is 0. The molecule has 4 rings (SSSR count). The second-order valence-electron chi connectivity index (χ2n) is 6.71. The first-order chi connectivity index (χ1) is 13.3. The molecule has 4 heteroatoms. The summed E-state index contributed by atoms with van der Waals surface area (Å²) in [5, 5.41) is 13.3. The summed E-state index contributed by atoms with van der Waals surface area (Å²) < 4.78 is 2.08. The van der Waals surface area contributed by atoms with Gasteiger partial charge in [-0.05, 0) is 42.2 Å². The summed E-state index contributed by atoms with van der Waals surface area (Å²) in [6.45, 7) is 2.96. The molecule has 2 heterocycles. The molecule has 4 aromatic rings. The Bertz CT molecular complexity index is 1120. The number of aryl methyl sites for hydroxylation is 1. The van der Waals surface area contributed by atoms with Gasteiger partial charge in [-0.25, -0.2) is 4.98 Å². The van der Waals surface area contributed by atoms with Gasteiger partial charge in [-0.2, -0.15) is 5.26 Å². The number of hydrogen-bond acceptors (Lipinski definition) is 3. The molecule has 0 aliphatic rings. The zero-order valence-electron chi connectivity index (χ0n) is 15.4. The fourth-order valence-corrected chi connectivity index (χ4v) is 3.58. The van der Waals surface area contributed by atoms with E-state index in [2.05, 4.69) is 59.1 Å². The Labute approximate surface area is 159 Å². The topological polar surface area (TPSA) is 53.1 Å². The molecule has 0 aliphatic heterocycles. The average molecular weight is 354 g/mol. The molecule has 1 N–H and O–H groups in total. The van der Waals surface area contributed by atoms with Gasteiger partial charge in [0.25, 0.3) is 0 Å². The van der Waals surface area contributed by atoms with E-state index in [1.165, 1.54) is 5.56 Å². The number of anilines is 1. The lowest BCUT2D eigenvalue weighted by Crippen LogP contribution is -2.10. The summed E-state index contributed by atoms with van der Waals surface area (Å²) in [6.07, 6.45) is 2.81. The van der Waals surface area contributed by atoms with Crippen LogP contribution in [-0.2, 0) is 12.8 Å². The molecule has 4 nitrogen and oxygen atoms in total. The molecule has 134 valence electrons. The molecule has 0 bridgehead atoms. The maximum atomic E-state index is 9.76. The van der Waals surface area contributed by atoms with E-state index in [4.69, 9.17) is 4.98 Å². The number of rotatable bonds is 6. The third kappa shape index (κ3) is 3.24. The Morgan fingerprint density at radius 1 is 1.04 bits per heavy atom. The van der Waals surface area contributed by atoms with E-state index in [-0.39, 0.29) is 0 Å². The van der Waals surface area contributed by atoms with Gasteiger partial charge < -0.3 is 5.32 Å². The van der Waals surface area contributed by atoms with Crippen molar-refractivity contribution in [1.82, 2.24) is 9.38 Å². The third-order valence-corrected chi connectivity index (χ3v) is 4.85. The molecule has 0 aliphatic carbocycles. The van der Waals surface area contributed by atoms with Crippen molar-refractivity contribution in [1.29, 1.82) is 5.26 Å². The number of benzene rings is 2. The number of nitrogens with one attached hydrogen (secondary N) is 1. The molecule has 2 aromatic carbocycles. The quantitative estimate of drug-likeness (QED) is 0.532. The number of hydrogen-bond donors (Lipinski definition) is 1. The maximum absolute atomic E-state index is 9.76. The summed E-state index contributed by atoms with van der Waals surface area (Å²) in [4.78, 5) is 4.76. The van der Waals surface area contributed by atoms with Crippen LogP contribution in [0.2, 0.25) is 0 Å². The highest BCUT2D eigenvalue weighted by molar-refractivity contribution is 5.85. The first-order valence-electron chi connectivity index (χ1n) is 9.42. The van der Waals surface area contributed by atoms with E-state index in [0.29, 0.717) is 5.56 Å². The van der Waals surface area contributed by atoms with Crippen LogP contribution in [0.5, 0.6) is 0 Å². The van der Waals surface area contributed by atoms with Crippen LogP contribution < -0.4 is 5.32 Å². The highest BCUT2D eigenvalue weighted by Crippen LogP contribution is 2.27. The van der Waals surface area contributed by atoms with Gasteiger partial charge in [-0.3, -0.25) is 4.40 Å². The van der Waals surface area contributed by atoms with Crippen LogP contribution in [0.3, 0.4) is 0 Å². The van der Waals surface area contributed by atoms with Gasteiger partial charge in [0.2, 0.25) is 0 Å². The van der Waals surface area contributed by atoms with Gasteiger partial charge in [0.15, 0.2) is 5.65 Å². The molecule has 0 saturated carbocycles. The summed E-state index contributed by atoms with van der Waals surface area (Å²) in [6, 6.07) is 23.0. The molecule has 0 saturated heterocycles. The highest BCUT2D eigenvalue weighted by atomic mass is 15.1. The number of nitriles is 1. The monoisotopic (exact) mass is 354 g/mol. The first kappa shape index (κ1) is 17.1. The Hall–Kier alpha value is -3.32. The summed E-state index contributed by atoms with van der Waals surface area (Å²) >= 11 is 0. The number of para-hydroxylation sites is 2. The highest BCUT2D eigenvalue weighted by Gasteiger charge is 2.16. The number of pyridine rings is 1. The summed E-state index contributed by atoms with van der Waals surface area (Å²) in [5.74, 6) is 0.997. The molecule has 2 aromatic heterocycles. The minimum absolute atomic E-state index is 0.682. The van der Waals surface area contributed by atoms with Crippen molar-refractivity contribution in [2.45, 2.75) is 26.2 Å². The molecule has 0 atom stereocenters. The van der Waals surface area contributed by atoms with Crippen molar-refractivity contribution in [2.75, 3.05) is 11.9 Å². The number of aromatic nitrogens is 2. The van der Waals surface area contributed by atoms with Gasteiger partial charge >= 0.3 is 0 Å². The van der Waals surface area contributed by atoms with Crippen molar-refractivity contribution in [3.05, 3.63) is 77.4 Å². The normalized spacial score (nSPS) is 11.0. The average Bonchev–Trinajstić information content (AvgIpc) is 3.09. The second kappa shape index (κ2) is 7.51. The zero-order valence-corrected chi connectivity index (χ0v) is 15.4. The van der Waals surface area contributed by atoms with Gasteiger partial charge in [0, 0.05) is 6.54 Å². The van der Waals surface area contributed by atoms with Crippen molar-refractivity contribution in [3.63, 3.8) is 0 Å². The largest absolute Gasteiger partial charge is 0.371 e. The molecule has 0 spiro atoms. The van der Waals surface area contributed by atoms with Crippen molar-refractivity contribution in [3.8, 4) is 6.07 Å². The van der Waals surface area contributed by atoms with Gasteiger partial charge in [-0.15, -0.1) is 0 Å². The van der Waals surface area contributed by atoms with E-state index in [9.17, 15) is 5.26 Å². The number of nitrogens with zero attached hydrogens (tertiary/aromatic N) is 3. The van der Waals surface area contributed by atoms with Crippen molar-refractivity contribution in [2.24, 2.45) is 0 Å². The molecule has 0 amide bonds. The maximum Gasteiger partial charge on any atom is 0.157 e. The van der Waals surface area contributed by atoms with Crippen LogP contribution in [0.15, 0.2) is 60.7 Å². The van der Waals surface area contributed by atoms with Crippen LogP contribution in [0.4, 0.5) is 5.82 Å². The van der Waals surface area contributed by atoms with Gasteiger partial charge in [0.05, 0.1) is 16.6 Å². The van der Waals surface area contributed by atoms with E-state index in [1.54, 1.807) is 0 Å². The predicted molar refractivity (Wildman–Crippen MR) is 110 cm³/mol. The Balaban J connectivity index is 1.79. The van der Waals surface area contributed by atoms with Crippen LogP contribution in [-0.4, -0.2) is 15.9 Å². The zero-order chi connectivity index (χ0) is 18.6. The Morgan fingerprint density at radius 2 is 1.81 bits per heavy atom. The predicted octanol–water partition coefficient (Wildman–Crippen LogP) is 4.97. The van der Waals surface area contributed by atoms with Crippen LogP contribution in [0.1, 0.15) is 30.0 Å². The Kier molecular flexibility index (Phi) is 4.76. The molecule has 0 fully saturated rings. The van der Waals surface area contributed by atoms with Crippen LogP contribution in [0, 0.1) is 11.3 Å². The third-order valence-electron chi connectivity index (χ3n) is 4.85. The van der Waals surface area contributed by atoms with E-state index >= 15 is 0 Å². The smallest absolute Gasteiger partial charge is 0.157 e. The minimum Gasteiger partial charge on any atom is -0.371 e. The molecule has 27 heavy (non-hydrogen) atoms. The lowest BCUT2D eigenvalue weighted by Gasteiger charge is -2.14. The Morgan fingerprint density at radius 3 is 2.59 bits per heavy atom. The van der Waals surface area contributed by atoms with Crippen molar-refractivity contribution >= 4 is 22.5 Å². The SMILES string of the molecule is CCCc1cc(NCCc2ccccc2)n2c(nc3ccccc32)c1C#N. The standard InChI is InChI=1S/C23H22N4/c1-2-8-18-15-22(25-14-13-17-9-4-3-5-10-17)27-21-12-7-6-11-20(21)26-23(27)19(18)16-24/h3-7,9-12,15,25H,2,8,13-14H2,1H3. The number of fused-ring (bicyclic) bond motifs is 3. The van der Waals surface area contributed by atoms with Crippen molar-refractivity contribution < 1.29 is 0 Å². The van der Waals surface area contributed by atoms with Crippen LogP contribution >= 0.6 is 0 Å². The molecular formula is C23H22N4. The molecular weight excluding hydrogens is 332 g/mol. The van der Waals surface area contributed by atoms with Gasteiger partial charge in [0.1, 0.15) is 11.9 Å². The second-order valence-corrected chi connectivity index (χ2v) is 6.71. The van der Waals surface area contributed by atoms with E-state index in [1.807, 2.05) is 24.3 Å². The fraction of sp³-hybridized carbons (Fsp3) is 0.217. The van der Waals surface area contributed by atoms with E-state index < -0.39 is 0 Å². The molecule has 0 radical (unpaired) electrons. The lowest BCUT2D eigenvalue weighted by atomic mass is 10.1. The lowest BCUT2D eigenvalue weighted by molar-refractivity contribution is 0.912. The summed E-state index contributed by atoms with van der Waals surface area (Å²) in [5.41, 5.74) is 5.72. The van der Waals surface area contributed by atoms with Gasteiger partial charge in [-0.1, -0.05) is 55.8 Å². The van der Waals surface area contributed by atoms with E-state index in [0.717, 1.165) is 53.9 Å². The fourth-order valence-electron chi connectivity index (χ4n) is 3.58. The molecule has 0 unspecified atom stereocenters. The first-order valence-corrected chi connectivity index (χ1v) is 9.42. The van der Waals surface area contributed by atoms with Crippen LogP contribution in [0.25, 0.3) is 16.7 Å².